The Kier molecular flexibility index (Phi) is 12.6. The second-order valence-corrected chi connectivity index (χ2v) is 18.1. The number of thiazole rings is 1. The fourth-order valence-electron chi connectivity index (χ4n) is 8.68. The zero-order valence-corrected chi connectivity index (χ0v) is 35.4. The van der Waals surface area contributed by atoms with Crippen LogP contribution < -0.4 is 19.7 Å². The van der Waals surface area contributed by atoms with Crippen LogP contribution >= 0.6 is 35.3 Å². The number of carbonyl (C=O) groups is 3. The maximum Gasteiger partial charge on any atom is 0.323 e. The summed E-state index contributed by atoms with van der Waals surface area (Å²) in [5.74, 6) is -1.96. The molecule has 2 aliphatic heterocycles. The van der Waals surface area contributed by atoms with Gasteiger partial charge in [-0.25, -0.2) is 0 Å². The van der Waals surface area contributed by atoms with Crippen LogP contribution in [0.4, 0.5) is 11.4 Å². The molecule has 3 aliphatic rings. The number of aromatic nitrogens is 1. The SMILES string of the molecule is O=C(O)CCCCCCCN1C(=O)/C(=c2\s/c(=C\c3ccc4c(c3)C3CCCC3N4c3ccc(C=C(c4ccccc4)c4ccccc4)cc3)c(=O)n2CC(=O)O)SC1=S. The molecule has 306 valence electrons. The fraction of sp³-hybridized carbons (Fsp3) is 0.271. The van der Waals surface area contributed by atoms with Crippen LogP contribution in [0.25, 0.3) is 22.6 Å². The second kappa shape index (κ2) is 18.4. The minimum absolute atomic E-state index is 0.148. The highest BCUT2D eigenvalue weighted by atomic mass is 32.2. The van der Waals surface area contributed by atoms with E-state index in [1.165, 1.54) is 15.0 Å². The highest BCUT2D eigenvalue weighted by Crippen LogP contribution is 2.52. The van der Waals surface area contributed by atoms with Crippen LogP contribution in [0.15, 0.2) is 108 Å². The maximum atomic E-state index is 13.9. The monoisotopic (exact) mass is 855 g/mol. The molecule has 1 aliphatic carbocycles. The largest absolute Gasteiger partial charge is 0.481 e. The molecule has 1 amide bonds. The summed E-state index contributed by atoms with van der Waals surface area (Å²) in [4.78, 5) is 54.5. The Labute approximate surface area is 362 Å². The number of amides is 1. The van der Waals surface area contributed by atoms with Crippen LogP contribution in [-0.2, 0) is 20.9 Å². The molecule has 1 saturated carbocycles. The average Bonchev–Trinajstić information content (AvgIpc) is 3.99. The Morgan fingerprint density at radius 1 is 0.783 bits per heavy atom. The molecule has 60 heavy (non-hydrogen) atoms. The van der Waals surface area contributed by atoms with Crippen molar-refractivity contribution in [3.8, 4) is 0 Å². The summed E-state index contributed by atoms with van der Waals surface area (Å²) >= 11 is 7.80. The van der Waals surface area contributed by atoms with Crippen LogP contribution in [0.2, 0.25) is 0 Å². The maximum absolute atomic E-state index is 13.9. The zero-order chi connectivity index (χ0) is 41.8. The van der Waals surface area contributed by atoms with Gasteiger partial charge in [0.05, 0.1) is 4.53 Å². The number of rotatable bonds is 15. The van der Waals surface area contributed by atoms with Crippen LogP contribution in [0.5, 0.6) is 0 Å². The van der Waals surface area contributed by atoms with Gasteiger partial charge in [0.1, 0.15) is 20.4 Å². The predicted octanol–water partition coefficient (Wildman–Crippen LogP) is 8.59. The number of anilines is 2. The molecule has 1 aromatic heterocycles. The lowest BCUT2D eigenvalue weighted by molar-refractivity contribution is -0.138. The Morgan fingerprint density at radius 3 is 2.13 bits per heavy atom. The van der Waals surface area contributed by atoms with Gasteiger partial charge >= 0.3 is 11.9 Å². The van der Waals surface area contributed by atoms with E-state index in [2.05, 4.69) is 95.9 Å². The molecule has 1 saturated heterocycles. The van der Waals surface area contributed by atoms with Gasteiger partial charge in [-0.1, -0.05) is 129 Å². The molecule has 2 fully saturated rings. The number of aliphatic carboxylic acids is 2. The van der Waals surface area contributed by atoms with Gasteiger partial charge < -0.3 is 15.1 Å². The van der Waals surface area contributed by atoms with Crippen molar-refractivity contribution in [1.29, 1.82) is 0 Å². The standard InChI is InChI=1S/C48H45N3O6S3/c52-42(53)19-10-2-1-3-11-26-49-46(57)44(60-48(49)58)47-50(30-43(54)55)45(56)41(59-47)29-32-22-25-40-38(28-32)36-17-12-18-39(36)51(40)35-23-20-31(21-24-35)27-37(33-13-6-4-7-14-33)34-15-8-5-9-16-34/h4-9,13-16,20-25,27-29,36,39H,1-3,10-12,17-19,26,30H2,(H,52,53)(H,54,55)/b41-29-,47-44+. The molecule has 0 bridgehead atoms. The van der Waals surface area contributed by atoms with Gasteiger partial charge in [0.2, 0.25) is 0 Å². The lowest BCUT2D eigenvalue weighted by Gasteiger charge is -2.27. The lowest BCUT2D eigenvalue weighted by Crippen LogP contribution is -2.35. The number of hydrogen-bond donors (Lipinski definition) is 2. The first-order valence-corrected chi connectivity index (χ1v) is 22.5. The number of fused-ring (bicyclic) bond motifs is 3. The number of carboxylic acids is 2. The zero-order valence-electron chi connectivity index (χ0n) is 33.0. The van der Waals surface area contributed by atoms with Crippen molar-refractivity contribution in [1.82, 2.24) is 9.47 Å². The molecule has 8 rings (SSSR count). The lowest BCUT2D eigenvalue weighted by atomic mass is 9.95. The quantitative estimate of drug-likeness (QED) is 0.0607. The molecule has 12 heteroatoms. The summed E-state index contributed by atoms with van der Waals surface area (Å²) < 4.78 is 2.20. The van der Waals surface area contributed by atoms with Gasteiger partial charge in [-0.2, -0.15) is 0 Å². The molecule has 5 aromatic rings. The molecule has 0 spiro atoms. The molecule has 4 aromatic carbocycles. The van der Waals surface area contributed by atoms with Crippen molar-refractivity contribution in [2.24, 2.45) is 0 Å². The normalized spacial score (nSPS) is 18.2. The van der Waals surface area contributed by atoms with E-state index < -0.39 is 24.0 Å². The van der Waals surface area contributed by atoms with Crippen LogP contribution in [0.1, 0.15) is 91.5 Å². The fourth-order valence-corrected chi connectivity index (χ4v) is 11.2. The van der Waals surface area contributed by atoms with Crippen molar-refractivity contribution in [3.05, 3.63) is 150 Å². The first-order valence-electron chi connectivity index (χ1n) is 20.4. The summed E-state index contributed by atoms with van der Waals surface area (Å²) in [6.45, 7) is -0.171. The molecular weight excluding hydrogens is 811 g/mol. The van der Waals surface area contributed by atoms with E-state index in [9.17, 15) is 24.3 Å². The number of nitrogens with zero attached hydrogens (tertiary/aromatic N) is 3. The van der Waals surface area contributed by atoms with Gasteiger partial charge in [0.15, 0.2) is 0 Å². The van der Waals surface area contributed by atoms with E-state index in [1.807, 2.05) is 24.3 Å². The van der Waals surface area contributed by atoms with Crippen LogP contribution in [0.3, 0.4) is 0 Å². The molecule has 2 atom stereocenters. The molecule has 3 heterocycles. The summed E-state index contributed by atoms with van der Waals surface area (Å²) in [5.41, 5.74) is 8.53. The number of hydrogen-bond acceptors (Lipinski definition) is 8. The third-order valence-corrected chi connectivity index (χ3v) is 14.2. The number of unbranched alkanes of at least 4 members (excludes halogenated alkanes) is 4. The minimum atomic E-state index is -1.18. The summed E-state index contributed by atoms with van der Waals surface area (Å²) in [5, 5.41) is 18.6. The third kappa shape index (κ3) is 8.82. The van der Waals surface area contributed by atoms with Gasteiger partial charge in [0, 0.05) is 36.3 Å². The number of thioether (sulfide) groups is 1. The molecule has 9 nitrogen and oxygen atoms in total. The highest BCUT2D eigenvalue weighted by Gasteiger charge is 2.42. The van der Waals surface area contributed by atoms with Gasteiger partial charge in [-0.05, 0) is 95.5 Å². The third-order valence-electron chi connectivity index (χ3n) is 11.5. The molecule has 2 N–H and O–H groups in total. The number of carbonyl (C=O) groups excluding carboxylic acids is 1. The first-order chi connectivity index (χ1) is 29.2. The molecular formula is C48H45N3O6S3. The van der Waals surface area contributed by atoms with E-state index in [4.69, 9.17) is 17.3 Å². The van der Waals surface area contributed by atoms with E-state index in [1.54, 1.807) is 0 Å². The summed E-state index contributed by atoms with van der Waals surface area (Å²) in [6, 6.07) is 36.3. The van der Waals surface area contributed by atoms with Crippen molar-refractivity contribution in [2.75, 3.05) is 11.4 Å². The Hall–Kier alpha value is -5.56. The van der Waals surface area contributed by atoms with Crippen molar-refractivity contribution < 1.29 is 24.6 Å². The second-order valence-electron chi connectivity index (χ2n) is 15.4. The van der Waals surface area contributed by atoms with E-state index >= 15 is 0 Å². The van der Waals surface area contributed by atoms with E-state index in [0.717, 1.165) is 101 Å². The Balaban J connectivity index is 1.06. The van der Waals surface area contributed by atoms with Gasteiger partial charge in [-0.3, -0.25) is 28.6 Å². The van der Waals surface area contributed by atoms with Crippen molar-refractivity contribution >= 4 is 91.5 Å². The smallest absolute Gasteiger partial charge is 0.323 e. The molecule has 0 radical (unpaired) electrons. The van der Waals surface area contributed by atoms with E-state index in [-0.39, 0.29) is 17.2 Å². The Morgan fingerprint density at radius 2 is 1.45 bits per heavy atom. The number of carboxylic acid groups (broad SMARTS) is 2. The highest BCUT2D eigenvalue weighted by molar-refractivity contribution is 8.30. The Bertz CT molecular complexity index is 2610. The van der Waals surface area contributed by atoms with E-state index in [0.29, 0.717) is 44.9 Å². The summed E-state index contributed by atoms with van der Waals surface area (Å²) in [7, 11) is 0. The average molecular weight is 856 g/mol. The van der Waals surface area contributed by atoms with Crippen LogP contribution in [0, 0.1) is 0 Å². The topological polar surface area (TPSA) is 120 Å². The van der Waals surface area contributed by atoms with Gasteiger partial charge in [0.25, 0.3) is 11.5 Å². The van der Waals surface area contributed by atoms with Gasteiger partial charge in [-0.15, -0.1) is 11.3 Å². The number of benzene rings is 4. The number of thiocarbonyl (C=S) groups is 1. The predicted molar refractivity (Wildman–Crippen MR) is 245 cm³/mol. The summed E-state index contributed by atoms with van der Waals surface area (Å²) in [6.07, 6.45) is 11.3. The van der Waals surface area contributed by atoms with Crippen molar-refractivity contribution in [3.63, 3.8) is 0 Å². The molecule has 2 unspecified atom stereocenters. The van der Waals surface area contributed by atoms with Crippen LogP contribution in [-0.4, -0.2) is 54.4 Å². The first kappa shape index (κ1) is 41.2. The van der Waals surface area contributed by atoms with Crippen molar-refractivity contribution in [2.45, 2.75) is 76.3 Å². The minimum Gasteiger partial charge on any atom is -0.481 e.